The molecule has 0 saturated carbocycles. The van der Waals surface area contributed by atoms with Crippen LogP contribution in [0.25, 0.3) is 5.70 Å². The van der Waals surface area contributed by atoms with E-state index in [2.05, 4.69) is 66.1 Å². The quantitative estimate of drug-likeness (QED) is 0.0902. The van der Waals surface area contributed by atoms with Gasteiger partial charge in [0, 0.05) is 36.3 Å². The molecule has 1 heterocycles. The molecule has 6 nitrogen and oxygen atoms in total. The molecule has 0 radical (unpaired) electrons. The number of hydrogen-bond acceptors (Lipinski definition) is 5. The zero-order chi connectivity index (χ0) is 32.1. The van der Waals surface area contributed by atoms with Crippen LogP contribution in [0, 0.1) is 12.8 Å². The molecule has 2 N–H and O–H groups in total. The summed E-state index contributed by atoms with van der Waals surface area (Å²) in [4.78, 5) is 22.9. The highest BCUT2D eigenvalue weighted by molar-refractivity contribution is 6.07. The van der Waals surface area contributed by atoms with E-state index in [4.69, 9.17) is 0 Å². The monoisotopic (exact) mass is 585 g/mol. The van der Waals surface area contributed by atoms with Crippen LogP contribution in [0.4, 0.5) is 13.2 Å². The van der Waals surface area contributed by atoms with Crippen LogP contribution in [0.5, 0.6) is 0 Å². The van der Waals surface area contributed by atoms with Gasteiger partial charge in [-0.25, -0.2) is 0 Å². The summed E-state index contributed by atoms with van der Waals surface area (Å²) in [6.45, 7) is 23.2. The van der Waals surface area contributed by atoms with Crippen LogP contribution >= 0.6 is 0 Å². The number of amides is 1. The number of carbonyl (C=O) groups is 1. The van der Waals surface area contributed by atoms with Crippen LogP contribution in [0.2, 0.25) is 0 Å². The minimum atomic E-state index is -4.60. The molecule has 0 spiro atoms. The molecule has 0 fully saturated rings. The van der Waals surface area contributed by atoms with Gasteiger partial charge in [0.25, 0.3) is 0 Å². The molecule has 230 valence electrons. The molecule has 0 aliphatic heterocycles. The third kappa shape index (κ3) is 15.7. The number of nitrogens with zero attached hydrogens (tertiary/aromatic N) is 3. The second-order valence-corrected chi connectivity index (χ2v) is 9.57. The van der Waals surface area contributed by atoms with Crippen molar-refractivity contribution in [3.05, 3.63) is 97.1 Å². The molecule has 42 heavy (non-hydrogen) atoms. The second-order valence-electron chi connectivity index (χ2n) is 9.57. The first kappa shape index (κ1) is 38.0. The van der Waals surface area contributed by atoms with Gasteiger partial charge in [-0.3, -0.25) is 19.8 Å². The van der Waals surface area contributed by atoms with Crippen molar-refractivity contribution in [1.82, 2.24) is 15.6 Å². The van der Waals surface area contributed by atoms with Crippen LogP contribution in [-0.2, 0) is 4.79 Å². The maximum absolute atomic E-state index is 13.5. The van der Waals surface area contributed by atoms with Gasteiger partial charge in [-0.2, -0.15) is 13.2 Å². The largest absolute Gasteiger partial charge is 0.433 e. The normalized spacial score (nSPS) is 13.5. The molecule has 0 aliphatic rings. The summed E-state index contributed by atoms with van der Waals surface area (Å²) in [7, 11) is 0. The summed E-state index contributed by atoms with van der Waals surface area (Å²) in [6, 6.07) is 3.44. The maximum atomic E-state index is 13.5. The Labute approximate surface area is 249 Å². The van der Waals surface area contributed by atoms with Crippen molar-refractivity contribution in [3.8, 4) is 0 Å². The Hall–Kier alpha value is -4.01. The average molecular weight is 586 g/mol. The van der Waals surface area contributed by atoms with E-state index in [-0.39, 0.29) is 24.4 Å². The number of alkyl halides is 3. The Kier molecular flexibility index (Phi) is 18.8. The molecule has 0 aliphatic carbocycles. The minimum Gasteiger partial charge on any atom is -0.383 e. The summed E-state index contributed by atoms with van der Waals surface area (Å²) in [5.74, 6) is 0.465. The highest BCUT2D eigenvalue weighted by Gasteiger charge is 2.38. The lowest BCUT2D eigenvalue weighted by Crippen LogP contribution is -2.32. The number of carbonyl (C=O) groups excluding carboxylic acids is 1. The number of aryl methyl sites for hydroxylation is 1. The number of allylic oxidation sites excluding steroid dienone is 6. The van der Waals surface area contributed by atoms with E-state index in [9.17, 15) is 18.0 Å². The van der Waals surface area contributed by atoms with E-state index in [1.807, 2.05) is 25.3 Å². The van der Waals surface area contributed by atoms with Crippen molar-refractivity contribution in [2.45, 2.75) is 66.6 Å². The first-order valence-corrected chi connectivity index (χ1v) is 13.9. The molecular formula is C33H46F3N5O. The van der Waals surface area contributed by atoms with Crippen molar-refractivity contribution in [2.24, 2.45) is 15.9 Å². The van der Waals surface area contributed by atoms with E-state index in [0.717, 1.165) is 23.4 Å². The Morgan fingerprint density at radius 3 is 2.31 bits per heavy atom. The van der Waals surface area contributed by atoms with Crippen LogP contribution in [0.3, 0.4) is 0 Å². The van der Waals surface area contributed by atoms with Crippen molar-refractivity contribution in [2.75, 3.05) is 13.1 Å². The highest BCUT2D eigenvalue weighted by Crippen LogP contribution is 2.26. The topological polar surface area (TPSA) is 78.7 Å². The predicted molar refractivity (Wildman–Crippen MR) is 172 cm³/mol. The van der Waals surface area contributed by atoms with Gasteiger partial charge in [0.1, 0.15) is 5.71 Å². The van der Waals surface area contributed by atoms with Crippen molar-refractivity contribution < 1.29 is 18.0 Å². The summed E-state index contributed by atoms with van der Waals surface area (Å²) in [5, 5.41) is 5.18. The van der Waals surface area contributed by atoms with Gasteiger partial charge in [-0.15, -0.1) is 0 Å². The molecule has 9 heteroatoms. The predicted octanol–water partition coefficient (Wildman–Crippen LogP) is 7.73. The van der Waals surface area contributed by atoms with Gasteiger partial charge in [0.2, 0.25) is 6.41 Å². The van der Waals surface area contributed by atoms with E-state index < -0.39 is 17.9 Å². The lowest BCUT2D eigenvalue weighted by molar-refractivity contribution is -0.109. The fraction of sp³-hybridized carbons (Fsp3) is 0.394. The molecule has 0 saturated heterocycles. The van der Waals surface area contributed by atoms with E-state index in [0.29, 0.717) is 18.7 Å². The first-order valence-electron chi connectivity index (χ1n) is 13.9. The summed E-state index contributed by atoms with van der Waals surface area (Å²) >= 11 is 0. The number of hydrogen-bond donors (Lipinski definition) is 2. The smallest absolute Gasteiger partial charge is 0.383 e. The molecular weight excluding hydrogens is 539 g/mol. The lowest BCUT2D eigenvalue weighted by atomic mass is 10.1. The van der Waals surface area contributed by atoms with Crippen LogP contribution in [0.15, 0.2) is 95.8 Å². The zero-order valence-electron chi connectivity index (χ0n) is 25.8. The van der Waals surface area contributed by atoms with Crippen molar-refractivity contribution in [1.29, 1.82) is 0 Å². The van der Waals surface area contributed by atoms with Gasteiger partial charge in [0.05, 0.1) is 17.4 Å². The number of rotatable bonds is 16. The van der Waals surface area contributed by atoms with E-state index in [1.54, 1.807) is 37.3 Å². The van der Waals surface area contributed by atoms with E-state index >= 15 is 0 Å². The number of aliphatic imine (C=N–C) groups is 2. The van der Waals surface area contributed by atoms with E-state index in [1.165, 1.54) is 18.7 Å². The Morgan fingerprint density at radius 2 is 1.81 bits per heavy atom. The Morgan fingerprint density at radius 1 is 1.12 bits per heavy atom. The van der Waals surface area contributed by atoms with Gasteiger partial charge >= 0.3 is 6.18 Å². The Balaban J connectivity index is 0.000000893. The first-order chi connectivity index (χ1) is 19.8. The fourth-order valence-corrected chi connectivity index (χ4v) is 3.44. The van der Waals surface area contributed by atoms with Crippen LogP contribution in [0.1, 0.15) is 58.7 Å². The summed E-state index contributed by atoms with van der Waals surface area (Å²) in [6.07, 6.45) is 8.95. The Bertz CT molecular complexity index is 1160. The molecule has 0 aromatic carbocycles. The standard InChI is InChI=1S/C19H26F3N3O.C14H20N2/c1-5-7-8-9-10-11-15(3)25-18(19(20,21)22)17(6-2)16(4)24-13-12-23-14-26;1-6-13(10(2)3)16-12(5)14-8-7-11(4)9-15-14/h5-10,14-15,24H,1,4,11-13H2,2-3H3,(H,23,26);7-10H,5-6H2,1-4H3/b8-7-,10-9-,17-6-,25-18?;. The number of nitrogens with one attached hydrogen (secondary N) is 2. The maximum Gasteiger partial charge on any atom is 0.433 e. The number of halogens is 3. The summed E-state index contributed by atoms with van der Waals surface area (Å²) in [5.41, 5.74) is 2.97. The number of pyridine rings is 1. The molecule has 1 aromatic heterocycles. The molecule has 1 amide bonds. The van der Waals surface area contributed by atoms with Crippen LogP contribution in [-0.4, -0.2) is 48.1 Å². The lowest BCUT2D eigenvalue weighted by Gasteiger charge is -2.19. The van der Waals surface area contributed by atoms with Crippen molar-refractivity contribution in [3.63, 3.8) is 0 Å². The van der Waals surface area contributed by atoms with Gasteiger partial charge in [0.15, 0.2) is 0 Å². The summed E-state index contributed by atoms with van der Waals surface area (Å²) < 4.78 is 40.4. The molecule has 1 aromatic rings. The molecule has 1 rings (SSSR count). The third-order valence-corrected chi connectivity index (χ3v) is 5.66. The molecule has 0 bridgehead atoms. The second kappa shape index (κ2) is 20.8. The van der Waals surface area contributed by atoms with Gasteiger partial charge in [-0.1, -0.05) is 83.0 Å². The third-order valence-electron chi connectivity index (χ3n) is 5.66. The fourth-order valence-electron chi connectivity index (χ4n) is 3.44. The molecule has 1 unspecified atom stereocenters. The van der Waals surface area contributed by atoms with Gasteiger partial charge < -0.3 is 10.6 Å². The van der Waals surface area contributed by atoms with Crippen LogP contribution < -0.4 is 10.6 Å². The minimum absolute atomic E-state index is 0.105. The van der Waals surface area contributed by atoms with Gasteiger partial charge in [-0.05, 0) is 51.2 Å². The average Bonchev–Trinajstić information content (AvgIpc) is 2.93. The zero-order valence-corrected chi connectivity index (χ0v) is 25.8. The SMILES string of the molecule is C=C(N=C(CC)C(C)C)c1ccc(C)cn1.C=C/C=C\C=C/CC(C)N=C(/C(=C\C)C(=C)NCCNC=O)C(F)(F)F. The van der Waals surface area contributed by atoms with Crippen molar-refractivity contribution >= 4 is 23.5 Å². The molecule has 1 atom stereocenters. The number of aromatic nitrogens is 1. The highest BCUT2D eigenvalue weighted by atomic mass is 19.4.